The zero-order valence-electron chi connectivity index (χ0n) is 10.8. The summed E-state index contributed by atoms with van der Waals surface area (Å²) in [5.41, 5.74) is 2.38. The first-order chi connectivity index (χ1) is 9.78. The molecule has 0 saturated carbocycles. The Morgan fingerprint density at radius 1 is 1.15 bits per heavy atom. The van der Waals surface area contributed by atoms with Crippen molar-refractivity contribution in [3.05, 3.63) is 52.8 Å². The van der Waals surface area contributed by atoms with E-state index in [2.05, 4.69) is 20.5 Å². The van der Waals surface area contributed by atoms with Crippen LogP contribution < -0.4 is 10.9 Å². The molecule has 1 aromatic carbocycles. The molecule has 3 rings (SSSR count). The van der Waals surface area contributed by atoms with Crippen molar-refractivity contribution < 1.29 is 0 Å². The van der Waals surface area contributed by atoms with E-state index in [4.69, 9.17) is 0 Å². The molecule has 0 aliphatic carbocycles. The van der Waals surface area contributed by atoms with Crippen LogP contribution in [0.2, 0.25) is 0 Å². The van der Waals surface area contributed by atoms with Gasteiger partial charge in [0.15, 0.2) is 5.13 Å². The van der Waals surface area contributed by atoms with E-state index in [0.29, 0.717) is 5.69 Å². The first-order valence-corrected chi connectivity index (χ1v) is 6.89. The van der Waals surface area contributed by atoms with Gasteiger partial charge in [0, 0.05) is 18.7 Å². The summed E-state index contributed by atoms with van der Waals surface area (Å²) in [4.78, 5) is 16.6. The fourth-order valence-electron chi connectivity index (χ4n) is 1.86. The number of hydrogen-bond acceptors (Lipinski definition) is 5. The average Bonchev–Trinajstić information content (AvgIpc) is 2.93. The second kappa shape index (κ2) is 5.26. The summed E-state index contributed by atoms with van der Waals surface area (Å²) >= 11 is 1.51. The van der Waals surface area contributed by atoms with Crippen molar-refractivity contribution in [3.8, 4) is 21.8 Å². The van der Waals surface area contributed by atoms with Crippen LogP contribution in [0.15, 0.2) is 47.3 Å². The normalized spacial score (nSPS) is 10.4. The topological polar surface area (TPSA) is 70.7 Å². The highest BCUT2D eigenvalue weighted by Gasteiger charge is 2.15. The van der Waals surface area contributed by atoms with Gasteiger partial charge < -0.3 is 5.32 Å². The minimum absolute atomic E-state index is 0.214. The van der Waals surface area contributed by atoms with Crippen molar-refractivity contribution in [1.29, 1.82) is 0 Å². The van der Waals surface area contributed by atoms with Crippen LogP contribution in [0.3, 0.4) is 0 Å². The Balaban J connectivity index is 2.17. The van der Waals surface area contributed by atoms with Gasteiger partial charge in [0.2, 0.25) is 0 Å². The van der Waals surface area contributed by atoms with Crippen molar-refractivity contribution in [2.75, 3.05) is 12.4 Å². The van der Waals surface area contributed by atoms with E-state index in [0.717, 1.165) is 21.3 Å². The van der Waals surface area contributed by atoms with Gasteiger partial charge in [-0.25, -0.2) is 10.1 Å². The van der Waals surface area contributed by atoms with Gasteiger partial charge in [-0.1, -0.05) is 41.7 Å². The Hall–Kier alpha value is -2.47. The van der Waals surface area contributed by atoms with E-state index >= 15 is 0 Å². The van der Waals surface area contributed by atoms with E-state index in [-0.39, 0.29) is 5.56 Å². The van der Waals surface area contributed by atoms with Gasteiger partial charge in [-0.05, 0) is 6.07 Å². The molecule has 0 aliphatic rings. The molecule has 0 amide bonds. The Morgan fingerprint density at radius 2 is 1.95 bits per heavy atom. The lowest BCUT2D eigenvalue weighted by Gasteiger charge is -2.00. The molecule has 0 bridgehead atoms. The van der Waals surface area contributed by atoms with Crippen molar-refractivity contribution in [1.82, 2.24) is 15.2 Å². The second-order valence-electron chi connectivity index (χ2n) is 4.12. The number of H-pyrrole nitrogens is 1. The quantitative estimate of drug-likeness (QED) is 0.775. The van der Waals surface area contributed by atoms with Gasteiger partial charge in [0.05, 0.1) is 10.6 Å². The molecule has 3 aromatic rings. The number of benzene rings is 1. The molecule has 5 nitrogen and oxygen atoms in total. The molecule has 2 heterocycles. The molecule has 0 fully saturated rings. The largest absolute Gasteiger partial charge is 0.365 e. The number of nitrogens with zero attached hydrogens (tertiary/aromatic N) is 2. The van der Waals surface area contributed by atoms with Gasteiger partial charge >= 0.3 is 0 Å². The van der Waals surface area contributed by atoms with Crippen molar-refractivity contribution in [2.24, 2.45) is 0 Å². The van der Waals surface area contributed by atoms with E-state index in [1.807, 2.05) is 37.4 Å². The maximum atomic E-state index is 11.1. The summed E-state index contributed by atoms with van der Waals surface area (Å²) in [6, 6.07) is 13.1. The van der Waals surface area contributed by atoms with Crippen LogP contribution in [0.4, 0.5) is 5.13 Å². The molecule has 0 radical (unpaired) electrons. The SMILES string of the molecule is CNc1nc(-c2ccccc2)c(-c2ccc(=O)[nH]n2)s1. The molecule has 100 valence electrons. The minimum Gasteiger partial charge on any atom is -0.365 e. The number of hydrogen-bond donors (Lipinski definition) is 2. The average molecular weight is 284 g/mol. The molecule has 0 saturated heterocycles. The Kier molecular flexibility index (Phi) is 3.30. The number of aromatic amines is 1. The van der Waals surface area contributed by atoms with Crippen LogP contribution >= 0.6 is 11.3 Å². The van der Waals surface area contributed by atoms with E-state index in [9.17, 15) is 4.79 Å². The first-order valence-electron chi connectivity index (χ1n) is 6.08. The van der Waals surface area contributed by atoms with Crippen LogP contribution in [-0.2, 0) is 0 Å². The zero-order valence-corrected chi connectivity index (χ0v) is 11.6. The summed E-state index contributed by atoms with van der Waals surface area (Å²) in [7, 11) is 1.83. The van der Waals surface area contributed by atoms with Crippen LogP contribution in [0, 0.1) is 0 Å². The molecule has 6 heteroatoms. The summed E-state index contributed by atoms with van der Waals surface area (Å²) < 4.78 is 0. The molecule has 20 heavy (non-hydrogen) atoms. The van der Waals surface area contributed by atoms with Crippen LogP contribution in [-0.4, -0.2) is 22.2 Å². The molecule has 0 atom stereocenters. The highest BCUT2D eigenvalue weighted by molar-refractivity contribution is 7.19. The van der Waals surface area contributed by atoms with Gasteiger partial charge in [0.1, 0.15) is 5.69 Å². The van der Waals surface area contributed by atoms with Crippen molar-refractivity contribution >= 4 is 16.5 Å². The lowest BCUT2D eigenvalue weighted by molar-refractivity contribution is 0.997. The Labute approximate surface area is 119 Å². The highest BCUT2D eigenvalue weighted by atomic mass is 32.1. The number of aromatic nitrogens is 3. The standard InChI is InChI=1S/C14H12N4OS/c1-15-14-16-12(9-5-3-2-4-6-9)13(20-14)10-7-8-11(19)18-17-10/h2-8H,1H3,(H,15,16)(H,18,19). The second-order valence-corrected chi connectivity index (χ2v) is 5.12. The van der Waals surface area contributed by atoms with Gasteiger partial charge in [0.25, 0.3) is 5.56 Å². The van der Waals surface area contributed by atoms with Gasteiger partial charge in [-0.2, -0.15) is 5.10 Å². The maximum absolute atomic E-state index is 11.1. The van der Waals surface area contributed by atoms with Crippen molar-refractivity contribution in [3.63, 3.8) is 0 Å². The van der Waals surface area contributed by atoms with Gasteiger partial charge in [-0.3, -0.25) is 4.79 Å². The molecule has 2 aromatic heterocycles. The predicted molar refractivity (Wildman–Crippen MR) is 80.9 cm³/mol. The van der Waals surface area contributed by atoms with E-state index in [1.54, 1.807) is 6.07 Å². The summed E-state index contributed by atoms with van der Waals surface area (Å²) in [6.07, 6.45) is 0. The lowest BCUT2D eigenvalue weighted by atomic mass is 10.1. The summed E-state index contributed by atoms with van der Waals surface area (Å²) in [5.74, 6) is 0. The first kappa shape index (κ1) is 12.6. The van der Waals surface area contributed by atoms with Gasteiger partial charge in [-0.15, -0.1) is 0 Å². The van der Waals surface area contributed by atoms with Crippen molar-refractivity contribution in [2.45, 2.75) is 0 Å². The molecular formula is C14H12N4OS. The zero-order chi connectivity index (χ0) is 13.9. The predicted octanol–water partition coefficient (Wildman–Crippen LogP) is 2.60. The minimum atomic E-state index is -0.214. The molecule has 0 aliphatic heterocycles. The molecule has 0 spiro atoms. The number of nitrogens with one attached hydrogen (secondary N) is 2. The smallest absolute Gasteiger partial charge is 0.264 e. The van der Waals surface area contributed by atoms with E-state index < -0.39 is 0 Å². The third kappa shape index (κ3) is 2.33. The fraction of sp³-hybridized carbons (Fsp3) is 0.0714. The molecule has 2 N–H and O–H groups in total. The Morgan fingerprint density at radius 3 is 2.60 bits per heavy atom. The highest BCUT2D eigenvalue weighted by Crippen LogP contribution is 2.37. The number of anilines is 1. The number of rotatable bonds is 3. The van der Waals surface area contributed by atoms with Crippen LogP contribution in [0.5, 0.6) is 0 Å². The maximum Gasteiger partial charge on any atom is 0.264 e. The summed E-state index contributed by atoms with van der Waals surface area (Å²) in [6.45, 7) is 0. The van der Waals surface area contributed by atoms with E-state index in [1.165, 1.54) is 17.4 Å². The van der Waals surface area contributed by atoms with Crippen LogP contribution in [0.25, 0.3) is 21.8 Å². The van der Waals surface area contributed by atoms with Crippen LogP contribution in [0.1, 0.15) is 0 Å². The lowest BCUT2D eigenvalue weighted by Crippen LogP contribution is -2.05. The molecule has 0 unspecified atom stereocenters. The molecular weight excluding hydrogens is 272 g/mol. The monoisotopic (exact) mass is 284 g/mol. The third-order valence-electron chi connectivity index (χ3n) is 2.80. The summed E-state index contributed by atoms with van der Waals surface area (Å²) in [5, 5.41) is 10.4. The Bertz CT molecular complexity index is 759. The number of thiazole rings is 1. The third-order valence-corrected chi connectivity index (χ3v) is 3.90. The fourth-order valence-corrected chi connectivity index (χ4v) is 2.77.